The molecule has 3 N–H and O–H groups in total. The maximum atomic E-state index is 12.2. The van der Waals surface area contributed by atoms with E-state index >= 15 is 0 Å². The highest BCUT2D eigenvalue weighted by atomic mass is 32.2. The molecule has 1 aromatic heterocycles. The zero-order valence-electron chi connectivity index (χ0n) is 12.9. The van der Waals surface area contributed by atoms with Crippen molar-refractivity contribution in [2.24, 2.45) is 5.41 Å². The molecule has 1 aromatic rings. The lowest BCUT2D eigenvalue weighted by molar-refractivity contribution is 0.350. The van der Waals surface area contributed by atoms with E-state index in [0.29, 0.717) is 18.0 Å². The molecule has 0 fully saturated rings. The summed E-state index contributed by atoms with van der Waals surface area (Å²) in [6.45, 7) is 10.3. The van der Waals surface area contributed by atoms with Crippen LogP contribution in [0.25, 0.3) is 0 Å². The number of rotatable bonds is 9. The fourth-order valence-electron chi connectivity index (χ4n) is 1.57. The number of aromatic nitrogens is 1. The zero-order chi connectivity index (χ0) is 15.2. The first kappa shape index (κ1) is 17.2. The number of H-pyrrole nitrogens is 1. The molecule has 0 amide bonds. The Kier molecular flexibility index (Phi) is 6.23. The monoisotopic (exact) mass is 301 g/mol. The van der Waals surface area contributed by atoms with Gasteiger partial charge in [0.15, 0.2) is 0 Å². The summed E-state index contributed by atoms with van der Waals surface area (Å²) in [6.07, 6.45) is 3.53. The van der Waals surface area contributed by atoms with Gasteiger partial charge in [0.2, 0.25) is 10.0 Å². The summed E-state index contributed by atoms with van der Waals surface area (Å²) in [5.41, 5.74) is 0.850. The molecule has 6 heteroatoms. The Labute approximate surface area is 122 Å². The molecule has 0 bridgehead atoms. The minimum atomic E-state index is -3.42. The van der Waals surface area contributed by atoms with Crippen molar-refractivity contribution in [3.63, 3.8) is 0 Å². The van der Waals surface area contributed by atoms with E-state index in [9.17, 15) is 8.42 Å². The Bertz CT molecular complexity index is 506. The van der Waals surface area contributed by atoms with Gasteiger partial charge in [-0.3, -0.25) is 0 Å². The van der Waals surface area contributed by atoms with Crippen molar-refractivity contribution in [3.8, 4) is 0 Å². The molecule has 0 unspecified atom stereocenters. The summed E-state index contributed by atoms with van der Waals surface area (Å²) in [5.74, 6) is 0. The van der Waals surface area contributed by atoms with Gasteiger partial charge in [0.05, 0.1) is 4.90 Å². The van der Waals surface area contributed by atoms with Crippen LogP contribution >= 0.6 is 0 Å². The maximum absolute atomic E-state index is 12.2. The van der Waals surface area contributed by atoms with E-state index in [4.69, 9.17) is 0 Å². The van der Waals surface area contributed by atoms with Crippen molar-refractivity contribution >= 4 is 10.0 Å². The molecule has 0 aliphatic carbocycles. The summed E-state index contributed by atoms with van der Waals surface area (Å²) in [6, 6.07) is 1.68. The number of hydrogen-bond acceptors (Lipinski definition) is 3. The van der Waals surface area contributed by atoms with E-state index in [1.54, 1.807) is 12.3 Å². The van der Waals surface area contributed by atoms with Gasteiger partial charge in [-0.1, -0.05) is 27.7 Å². The summed E-state index contributed by atoms with van der Waals surface area (Å²) in [4.78, 5) is 3.30. The molecule has 0 aliphatic rings. The first-order valence-corrected chi connectivity index (χ1v) is 8.66. The quantitative estimate of drug-likeness (QED) is 0.612. The number of nitrogens with one attached hydrogen (secondary N) is 3. The van der Waals surface area contributed by atoms with Gasteiger partial charge in [-0.15, -0.1) is 0 Å². The third-order valence-electron chi connectivity index (χ3n) is 3.47. The molecule has 1 heterocycles. The SMILES string of the molecule is CCCNCc1cc(S(=O)(=O)NCC(C)(C)CC)c[nH]1. The average Bonchev–Trinajstić information content (AvgIpc) is 2.87. The summed E-state index contributed by atoms with van der Waals surface area (Å²) in [5, 5.41) is 3.24. The number of hydrogen-bond donors (Lipinski definition) is 3. The van der Waals surface area contributed by atoms with Crippen LogP contribution in [-0.4, -0.2) is 26.5 Å². The number of sulfonamides is 1. The molecule has 1 rings (SSSR count). The van der Waals surface area contributed by atoms with Gasteiger partial charge in [0, 0.05) is 25.0 Å². The van der Waals surface area contributed by atoms with Crippen LogP contribution in [-0.2, 0) is 16.6 Å². The molecule has 20 heavy (non-hydrogen) atoms. The standard InChI is InChI=1S/C14H27N3O2S/c1-5-7-15-9-12-8-13(10-16-12)20(18,19)17-11-14(3,4)6-2/h8,10,15-17H,5-7,9,11H2,1-4H3. The average molecular weight is 301 g/mol. The molecule has 116 valence electrons. The smallest absolute Gasteiger partial charge is 0.242 e. The summed E-state index contributed by atoms with van der Waals surface area (Å²) >= 11 is 0. The first-order valence-electron chi connectivity index (χ1n) is 7.18. The normalized spacial score (nSPS) is 12.8. The fourth-order valence-corrected chi connectivity index (χ4v) is 2.83. The lowest BCUT2D eigenvalue weighted by Crippen LogP contribution is -2.33. The van der Waals surface area contributed by atoms with Crippen molar-refractivity contribution in [2.45, 2.75) is 52.0 Å². The second kappa shape index (κ2) is 7.24. The highest BCUT2D eigenvalue weighted by Gasteiger charge is 2.21. The molecule has 0 saturated carbocycles. The van der Waals surface area contributed by atoms with Crippen molar-refractivity contribution in [3.05, 3.63) is 18.0 Å². The van der Waals surface area contributed by atoms with Crippen LogP contribution in [0, 0.1) is 5.41 Å². The maximum Gasteiger partial charge on any atom is 0.242 e. The predicted molar refractivity (Wildman–Crippen MR) is 82.1 cm³/mol. The van der Waals surface area contributed by atoms with Crippen molar-refractivity contribution in [1.82, 2.24) is 15.0 Å². The molecule has 0 spiro atoms. The highest BCUT2D eigenvalue weighted by molar-refractivity contribution is 7.89. The van der Waals surface area contributed by atoms with Crippen molar-refractivity contribution in [1.29, 1.82) is 0 Å². The lowest BCUT2D eigenvalue weighted by Gasteiger charge is -2.22. The lowest BCUT2D eigenvalue weighted by atomic mass is 9.91. The molecular formula is C14H27N3O2S. The molecule has 5 nitrogen and oxygen atoms in total. The van der Waals surface area contributed by atoms with Gasteiger partial charge in [0.25, 0.3) is 0 Å². The molecular weight excluding hydrogens is 274 g/mol. The molecule has 0 aromatic carbocycles. The molecule has 0 aliphatic heterocycles. The Balaban J connectivity index is 2.64. The van der Waals surface area contributed by atoms with Gasteiger partial charge in [-0.05, 0) is 30.9 Å². The topological polar surface area (TPSA) is 74.0 Å². The zero-order valence-corrected chi connectivity index (χ0v) is 13.7. The van der Waals surface area contributed by atoms with Crippen molar-refractivity contribution < 1.29 is 8.42 Å². The second-order valence-electron chi connectivity index (χ2n) is 5.88. The van der Waals surface area contributed by atoms with E-state index in [-0.39, 0.29) is 5.41 Å². The van der Waals surface area contributed by atoms with Crippen LogP contribution in [0.15, 0.2) is 17.2 Å². The van der Waals surface area contributed by atoms with Gasteiger partial charge >= 0.3 is 0 Å². The van der Waals surface area contributed by atoms with Crippen LogP contribution in [0.5, 0.6) is 0 Å². The second-order valence-corrected chi connectivity index (χ2v) is 7.65. The van der Waals surface area contributed by atoms with Crippen LogP contribution < -0.4 is 10.0 Å². The van der Waals surface area contributed by atoms with Gasteiger partial charge in [0.1, 0.15) is 0 Å². The Hall–Kier alpha value is -0.850. The van der Waals surface area contributed by atoms with E-state index in [2.05, 4.69) is 28.9 Å². The summed E-state index contributed by atoms with van der Waals surface area (Å²) in [7, 11) is -3.42. The Morgan fingerprint density at radius 2 is 2.00 bits per heavy atom. The minimum absolute atomic E-state index is 0.0328. The van der Waals surface area contributed by atoms with Crippen LogP contribution in [0.1, 0.15) is 46.2 Å². The van der Waals surface area contributed by atoms with Gasteiger partial charge < -0.3 is 10.3 Å². The van der Waals surface area contributed by atoms with E-state index in [1.807, 2.05) is 13.8 Å². The summed E-state index contributed by atoms with van der Waals surface area (Å²) < 4.78 is 27.1. The van der Waals surface area contributed by atoms with Gasteiger partial charge in [-0.2, -0.15) is 0 Å². The van der Waals surface area contributed by atoms with E-state index in [1.165, 1.54) is 0 Å². The minimum Gasteiger partial charge on any atom is -0.363 e. The Morgan fingerprint density at radius 3 is 2.60 bits per heavy atom. The molecule has 0 atom stereocenters. The third-order valence-corrected chi connectivity index (χ3v) is 4.85. The largest absolute Gasteiger partial charge is 0.363 e. The third kappa shape index (κ3) is 5.26. The van der Waals surface area contributed by atoms with Crippen LogP contribution in [0.4, 0.5) is 0 Å². The highest BCUT2D eigenvalue weighted by Crippen LogP contribution is 2.19. The van der Waals surface area contributed by atoms with Gasteiger partial charge in [-0.25, -0.2) is 13.1 Å². The van der Waals surface area contributed by atoms with E-state index < -0.39 is 10.0 Å². The fraction of sp³-hybridized carbons (Fsp3) is 0.714. The predicted octanol–water partition coefficient (Wildman–Crippen LogP) is 2.23. The Morgan fingerprint density at radius 1 is 1.30 bits per heavy atom. The van der Waals surface area contributed by atoms with Crippen LogP contribution in [0.2, 0.25) is 0 Å². The van der Waals surface area contributed by atoms with E-state index in [0.717, 1.165) is 25.1 Å². The number of aromatic amines is 1. The first-order chi connectivity index (χ1) is 9.30. The van der Waals surface area contributed by atoms with Crippen LogP contribution in [0.3, 0.4) is 0 Å². The molecule has 0 radical (unpaired) electrons. The molecule has 0 saturated heterocycles. The van der Waals surface area contributed by atoms with Crippen molar-refractivity contribution in [2.75, 3.05) is 13.1 Å².